The zero-order valence-corrected chi connectivity index (χ0v) is 14.7. The molecule has 4 nitrogen and oxygen atoms in total. The largest absolute Gasteiger partial charge is 0.352 e. The van der Waals surface area contributed by atoms with E-state index in [2.05, 4.69) is 5.32 Å². The first-order valence-electron chi connectivity index (χ1n) is 9.06. The second-order valence-electron chi connectivity index (χ2n) is 6.54. The predicted molar refractivity (Wildman–Crippen MR) is 99.7 cm³/mol. The molecule has 3 rings (SSSR count). The van der Waals surface area contributed by atoms with Crippen molar-refractivity contribution in [2.24, 2.45) is 0 Å². The predicted octanol–water partition coefficient (Wildman–Crippen LogP) is 3.71. The highest BCUT2D eigenvalue weighted by atomic mass is 19.1. The van der Waals surface area contributed by atoms with Crippen molar-refractivity contribution >= 4 is 17.5 Å². The number of anilines is 1. The molecule has 0 unspecified atom stereocenters. The molecule has 0 bridgehead atoms. The summed E-state index contributed by atoms with van der Waals surface area (Å²) < 4.78 is 12.8. The molecule has 1 aliphatic heterocycles. The zero-order valence-electron chi connectivity index (χ0n) is 14.7. The highest BCUT2D eigenvalue weighted by molar-refractivity contribution is 5.97. The summed E-state index contributed by atoms with van der Waals surface area (Å²) >= 11 is 0. The van der Waals surface area contributed by atoms with Crippen LogP contribution in [0, 0.1) is 5.82 Å². The summed E-state index contributed by atoms with van der Waals surface area (Å²) in [5.41, 5.74) is 2.55. The Morgan fingerprint density at radius 2 is 1.77 bits per heavy atom. The molecule has 0 aliphatic carbocycles. The lowest BCUT2D eigenvalue weighted by Gasteiger charge is -2.15. The van der Waals surface area contributed by atoms with Gasteiger partial charge in [-0.1, -0.05) is 12.1 Å². The van der Waals surface area contributed by atoms with Crippen LogP contribution in [0.2, 0.25) is 0 Å². The Kier molecular flexibility index (Phi) is 6.00. The van der Waals surface area contributed by atoms with E-state index in [1.54, 1.807) is 29.2 Å². The topological polar surface area (TPSA) is 49.4 Å². The summed E-state index contributed by atoms with van der Waals surface area (Å²) in [4.78, 5) is 25.7. The maximum atomic E-state index is 12.8. The van der Waals surface area contributed by atoms with Crippen molar-refractivity contribution in [3.8, 4) is 0 Å². The van der Waals surface area contributed by atoms with E-state index in [0.29, 0.717) is 18.5 Å². The normalized spacial score (nSPS) is 13.9. The molecule has 26 heavy (non-hydrogen) atoms. The number of hydrogen-bond donors (Lipinski definition) is 1. The molecule has 1 fully saturated rings. The van der Waals surface area contributed by atoms with Crippen molar-refractivity contribution in [3.05, 3.63) is 65.5 Å². The number of unbranched alkanes of at least 4 members (excludes halogenated alkanes) is 1. The molecule has 1 saturated heterocycles. The maximum absolute atomic E-state index is 12.8. The number of halogens is 1. The van der Waals surface area contributed by atoms with Crippen LogP contribution >= 0.6 is 0 Å². The Labute approximate surface area is 153 Å². The Morgan fingerprint density at radius 3 is 2.42 bits per heavy atom. The number of nitrogens with one attached hydrogen (secondary N) is 1. The fourth-order valence-electron chi connectivity index (χ4n) is 3.12. The molecule has 136 valence electrons. The first-order valence-corrected chi connectivity index (χ1v) is 9.06. The second kappa shape index (κ2) is 8.61. The minimum absolute atomic E-state index is 0.105. The fraction of sp³-hybridized carbons (Fsp3) is 0.333. The van der Waals surface area contributed by atoms with Gasteiger partial charge in [-0.15, -0.1) is 0 Å². The van der Waals surface area contributed by atoms with Crippen LogP contribution in [0.5, 0.6) is 0 Å². The first kappa shape index (κ1) is 18.1. The van der Waals surface area contributed by atoms with E-state index in [-0.39, 0.29) is 17.6 Å². The quantitative estimate of drug-likeness (QED) is 0.771. The number of carbonyl (C=O) groups excluding carboxylic acids is 2. The smallest absolute Gasteiger partial charge is 0.251 e. The number of hydrogen-bond acceptors (Lipinski definition) is 2. The lowest BCUT2D eigenvalue weighted by atomic mass is 10.1. The van der Waals surface area contributed by atoms with E-state index in [9.17, 15) is 14.0 Å². The summed E-state index contributed by atoms with van der Waals surface area (Å²) in [6.07, 6.45) is 4.15. The average molecular weight is 354 g/mol. The summed E-state index contributed by atoms with van der Waals surface area (Å²) in [6, 6.07) is 13.7. The summed E-state index contributed by atoms with van der Waals surface area (Å²) in [6.45, 7) is 1.35. The van der Waals surface area contributed by atoms with Gasteiger partial charge < -0.3 is 10.2 Å². The molecule has 0 spiro atoms. The molecule has 2 aromatic carbocycles. The van der Waals surface area contributed by atoms with Crippen molar-refractivity contribution in [1.29, 1.82) is 0 Å². The van der Waals surface area contributed by atoms with Gasteiger partial charge in [0, 0.05) is 30.8 Å². The molecule has 1 heterocycles. The third-order valence-corrected chi connectivity index (χ3v) is 4.61. The Morgan fingerprint density at radius 1 is 1.04 bits per heavy atom. The zero-order chi connectivity index (χ0) is 18.4. The minimum Gasteiger partial charge on any atom is -0.352 e. The van der Waals surface area contributed by atoms with Crippen LogP contribution in [-0.2, 0) is 11.2 Å². The van der Waals surface area contributed by atoms with Crippen LogP contribution in [0.1, 0.15) is 41.6 Å². The average Bonchev–Trinajstić information content (AvgIpc) is 3.09. The van der Waals surface area contributed by atoms with Gasteiger partial charge in [-0.25, -0.2) is 4.39 Å². The van der Waals surface area contributed by atoms with Gasteiger partial charge in [0.15, 0.2) is 0 Å². The molecule has 1 N–H and O–H groups in total. The lowest BCUT2D eigenvalue weighted by Crippen LogP contribution is -2.25. The second-order valence-corrected chi connectivity index (χ2v) is 6.54. The molecular weight excluding hydrogens is 331 g/mol. The van der Waals surface area contributed by atoms with Gasteiger partial charge in [0.25, 0.3) is 5.91 Å². The van der Waals surface area contributed by atoms with E-state index in [1.807, 2.05) is 12.1 Å². The monoisotopic (exact) mass is 354 g/mol. The van der Waals surface area contributed by atoms with Crippen molar-refractivity contribution in [1.82, 2.24) is 5.32 Å². The molecule has 5 heteroatoms. The van der Waals surface area contributed by atoms with Crippen LogP contribution in [0.3, 0.4) is 0 Å². The van der Waals surface area contributed by atoms with E-state index in [4.69, 9.17) is 0 Å². The minimum atomic E-state index is -0.221. The number of carbonyl (C=O) groups is 2. The van der Waals surface area contributed by atoms with Crippen molar-refractivity contribution < 1.29 is 14.0 Å². The highest BCUT2D eigenvalue weighted by Gasteiger charge is 2.21. The van der Waals surface area contributed by atoms with Gasteiger partial charge in [-0.3, -0.25) is 9.59 Å². The molecule has 0 aromatic heterocycles. The molecule has 0 saturated carbocycles. The van der Waals surface area contributed by atoms with E-state index < -0.39 is 0 Å². The first-order chi connectivity index (χ1) is 12.6. The fourth-order valence-corrected chi connectivity index (χ4v) is 3.12. The molecule has 2 aromatic rings. The van der Waals surface area contributed by atoms with E-state index in [1.165, 1.54) is 12.1 Å². The third-order valence-electron chi connectivity index (χ3n) is 4.61. The SMILES string of the molecule is O=C(NCCCCc1ccc(F)cc1)c1ccc(N2CCCC2=O)cc1. The van der Waals surface area contributed by atoms with Gasteiger partial charge in [0.05, 0.1) is 0 Å². The number of aryl methyl sites for hydroxylation is 1. The summed E-state index contributed by atoms with van der Waals surface area (Å²) in [5, 5.41) is 2.91. The van der Waals surface area contributed by atoms with Crippen LogP contribution in [0.25, 0.3) is 0 Å². The lowest BCUT2D eigenvalue weighted by molar-refractivity contribution is -0.117. The molecular formula is C21H23FN2O2. The molecule has 0 atom stereocenters. The number of benzene rings is 2. The Balaban J connectivity index is 1.40. The number of nitrogens with zero attached hydrogens (tertiary/aromatic N) is 1. The Hall–Kier alpha value is -2.69. The summed E-state index contributed by atoms with van der Waals surface area (Å²) in [5.74, 6) is -0.185. The van der Waals surface area contributed by atoms with Crippen molar-refractivity contribution in [2.45, 2.75) is 32.1 Å². The highest BCUT2D eigenvalue weighted by Crippen LogP contribution is 2.21. The maximum Gasteiger partial charge on any atom is 0.251 e. The van der Waals surface area contributed by atoms with Gasteiger partial charge in [-0.2, -0.15) is 0 Å². The van der Waals surface area contributed by atoms with Crippen molar-refractivity contribution in [3.63, 3.8) is 0 Å². The van der Waals surface area contributed by atoms with Gasteiger partial charge in [0.2, 0.25) is 5.91 Å². The molecule has 0 radical (unpaired) electrons. The van der Waals surface area contributed by atoms with Gasteiger partial charge in [-0.05, 0) is 67.6 Å². The van der Waals surface area contributed by atoms with E-state index >= 15 is 0 Å². The van der Waals surface area contributed by atoms with Crippen molar-refractivity contribution in [2.75, 3.05) is 18.0 Å². The van der Waals surface area contributed by atoms with Crippen LogP contribution in [0.4, 0.5) is 10.1 Å². The van der Waals surface area contributed by atoms with E-state index in [0.717, 1.165) is 43.5 Å². The van der Waals surface area contributed by atoms with Crippen LogP contribution < -0.4 is 10.2 Å². The van der Waals surface area contributed by atoms with Gasteiger partial charge in [0.1, 0.15) is 5.82 Å². The summed E-state index contributed by atoms with van der Waals surface area (Å²) in [7, 11) is 0. The molecule has 2 amide bonds. The van der Waals surface area contributed by atoms with Crippen LogP contribution in [0.15, 0.2) is 48.5 Å². The molecule has 1 aliphatic rings. The van der Waals surface area contributed by atoms with Crippen LogP contribution in [-0.4, -0.2) is 24.9 Å². The third kappa shape index (κ3) is 4.69. The van der Waals surface area contributed by atoms with Gasteiger partial charge >= 0.3 is 0 Å². The number of rotatable bonds is 7. The Bertz CT molecular complexity index is 757. The standard InChI is InChI=1S/C21H23FN2O2/c22-18-10-6-16(7-11-18)4-1-2-14-23-21(26)17-8-12-19(13-9-17)24-15-3-5-20(24)25/h6-13H,1-5,14-15H2,(H,23,26). The number of amides is 2.